The van der Waals surface area contributed by atoms with E-state index in [1.165, 1.54) is 6.42 Å². The fourth-order valence-corrected chi connectivity index (χ4v) is 2.21. The summed E-state index contributed by atoms with van der Waals surface area (Å²) in [5.41, 5.74) is 0.191. The molecular formula is C13H29NO. The smallest absolute Gasteiger partial charge is 0.0772 e. The number of methoxy groups -OCH3 is 1. The molecule has 0 aliphatic heterocycles. The van der Waals surface area contributed by atoms with Gasteiger partial charge in [-0.25, -0.2) is 0 Å². The summed E-state index contributed by atoms with van der Waals surface area (Å²) in [6, 6.07) is 0.458. The lowest BCUT2D eigenvalue weighted by molar-refractivity contribution is -0.0155. The molecule has 0 aliphatic carbocycles. The summed E-state index contributed by atoms with van der Waals surface area (Å²) in [6.45, 7) is 14.4. The van der Waals surface area contributed by atoms with Crippen molar-refractivity contribution in [2.45, 2.75) is 60.1 Å². The van der Waals surface area contributed by atoms with Crippen LogP contribution in [-0.2, 0) is 4.74 Å². The zero-order valence-electron chi connectivity index (χ0n) is 11.6. The molecule has 15 heavy (non-hydrogen) atoms. The maximum atomic E-state index is 5.67. The van der Waals surface area contributed by atoms with Crippen molar-refractivity contribution in [2.75, 3.05) is 13.7 Å². The highest BCUT2D eigenvalue weighted by Crippen LogP contribution is 2.27. The molecule has 0 aromatic carbocycles. The zero-order valence-corrected chi connectivity index (χ0v) is 11.6. The number of hydrogen-bond donors (Lipinski definition) is 1. The van der Waals surface area contributed by atoms with Gasteiger partial charge in [-0.15, -0.1) is 0 Å². The molecule has 0 aromatic rings. The van der Waals surface area contributed by atoms with Crippen LogP contribution in [0.25, 0.3) is 0 Å². The Labute approximate surface area is 95.8 Å². The third-order valence-electron chi connectivity index (χ3n) is 2.66. The minimum absolute atomic E-state index is 0.191. The second kappa shape index (κ2) is 6.49. The minimum atomic E-state index is 0.191. The van der Waals surface area contributed by atoms with Gasteiger partial charge in [-0.05, 0) is 24.3 Å². The molecule has 1 N–H and O–H groups in total. The van der Waals surface area contributed by atoms with E-state index >= 15 is 0 Å². The van der Waals surface area contributed by atoms with Crippen LogP contribution in [-0.4, -0.2) is 25.8 Å². The van der Waals surface area contributed by atoms with Gasteiger partial charge in [0.05, 0.1) is 6.10 Å². The van der Waals surface area contributed by atoms with E-state index in [0.717, 1.165) is 6.54 Å². The summed E-state index contributed by atoms with van der Waals surface area (Å²) in [6.07, 6.45) is 1.45. The Kier molecular flexibility index (Phi) is 6.46. The number of likely N-dealkylation sites (N-methyl/N-ethyl adjacent to an activating group) is 1. The Bertz CT molecular complexity index is 160. The maximum absolute atomic E-state index is 5.67. The predicted octanol–water partition coefficient (Wildman–Crippen LogP) is 3.07. The van der Waals surface area contributed by atoms with Gasteiger partial charge in [0.15, 0.2) is 0 Å². The van der Waals surface area contributed by atoms with Crippen LogP contribution in [0.15, 0.2) is 0 Å². The average Bonchev–Trinajstić information content (AvgIpc) is 2.01. The Morgan fingerprint density at radius 3 is 2.00 bits per heavy atom. The van der Waals surface area contributed by atoms with Crippen LogP contribution >= 0.6 is 0 Å². The van der Waals surface area contributed by atoms with Crippen LogP contribution in [0.4, 0.5) is 0 Å². The van der Waals surface area contributed by atoms with Gasteiger partial charge in [-0.2, -0.15) is 0 Å². The highest BCUT2D eigenvalue weighted by atomic mass is 16.5. The number of ether oxygens (including phenoxy) is 1. The van der Waals surface area contributed by atoms with E-state index in [1.54, 1.807) is 0 Å². The van der Waals surface area contributed by atoms with Gasteiger partial charge in [0, 0.05) is 13.2 Å². The van der Waals surface area contributed by atoms with E-state index in [4.69, 9.17) is 4.74 Å². The highest BCUT2D eigenvalue weighted by molar-refractivity contribution is 4.86. The van der Waals surface area contributed by atoms with Crippen molar-refractivity contribution in [1.29, 1.82) is 0 Å². The van der Waals surface area contributed by atoms with Crippen LogP contribution in [0, 0.1) is 11.3 Å². The summed E-state index contributed by atoms with van der Waals surface area (Å²) in [4.78, 5) is 0. The Morgan fingerprint density at radius 1 is 1.20 bits per heavy atom. The van der Waals surface area contributed by atoms with Gasteiger partial charge in [0.25, 0.3) is 0 Å². The number of hydrogen-bond acceptors (Lipinski definition) is 2. The first-order valence-corrected chi connectivity index (χ1v) is 6.09. The van der Waals surface area contributed by atoms with Crippen LogP contribution in [0.5, 0.6) is 0 Å². The fourth-order valence-electron chi connectivity index (χ4n) is 2.21. The first-order chi connectivity index (χ1) is 6.82. The van der Waals surface area contributed by atoms with Crippen molar-refractivity contribution in [3.05, 3.63) is 0 Å². The summed E-state index contributed by atoms with van der Waals surface area (Å²) in [5, 5.41) is 3.55. The van der Waals surface area contributed by atoms with Crippen molar-refractivity contribution < 1.29 is 4.74 Å². The molecule has 2 heteroatoms. The maximum Gasteiger partial charge on any atom is 0.0772 e. The van der Waals surface area contributed by atoms with E-state index in [1.807, 2.05) is 7.11 Å². The zero-order chi connectivity index (χ0) is 12.1. The SMILES string of the molecule is CCNC(CC(C)C)C(OC)C(C)(C)C. The topological polar surface area (TPSA) is 21.3 Å². The Balaban J connectivity index is 4.54. The molecule has 2 unspecified atom stereocenters. The Hall–Kier alpha value is -0.0800. The first-order valence-electron chi connectivity index (χ1n) is 6.09. The quantitative estimate of drug-likeness (QED) is 0.735. The molecule has 0 fully saturated rings. The molecule has 0 saturated carbocycles. The van der Waals surface area contributed by atoms with Gasteiger partial charge in [0.2, 0.25) is 0 Å². The molecule has 0 aliphatic rings. The predicted molar refractivity (Wildman–Crippen MR) is 67.2 cm³/mol. The molecule has 0 spiro atoms. The lowest BCUT2D eigenvalue weighted by Gasteiger charge is -2.37. The molecule has 0 saturated heterocycles. The molecule has 0 bridgehead atoms. The standard InChI is InChI=1S/C13H29NO/c1-8-14-11(9-10(2)3)12(15-7)13(4,5)6/h10-12,14H,8-9H2,1-7H3. The van der Waals surface area contributed by atoms with Gasteiger partial charge in [0.1, 0.15) is 0 Å². The van der Waals surface area contributed by atoms with Crippen LogP contribution in [0.2, 0.25) is 0 Å². The molecule has 0 aromatic heterocycles. The van der Waals surface area contributed by atoms with Gasteiger partial charge in [-0.3, -0.25) is 0 Å². The molecule has 2 atom stereocenters. The van der Waals surface area contributed by atoms with Crippen molar-refractivity contribution in [1.82, 2.24) is 5.32 Å². The monoisotopic (exact) mass is 215 g/mol. The highest BCUT2D eigenvalue weighted by Gasteiger charge is 2.32. The van der Waals surface area contributed by atoms with Gasteiger partial charge < -0.3 is 10.1 Å². The van der Waals surface area contributed by atoms with Crippen LogP contribution < -0.4 is 5.32 Å². The number of nitrogens with one attached hydrogen (secondary N) is 1. The summed E-state index contributed by atoms with van der Waals surface area (Å²) < 4.78 is 5.67. The van der Waals surface area contributed by atoms with E-state index in [0.29, 0.717) is 12.0 Å². The van der Waals surface area contributed by atoms with E-state index in [2.05, 4.69) is 46.9 Å². The third-order valence-corrected chi connectivity index (χ3v) is 2.66. The lowest BCUT2D eigenvalue weighted by Crippen LogP contribution is -2.48. The largest absolute Gasteiger partial charge is 0.379 e. The second-order valence-electron chi connectivity index (χ2n) is 5.82. The van der Waals surface area contributed by atoms with E-state index in [-0.39, 0.29) is 11.5 Å². The first kappa shape index (κ1) is 14.9. The summed E-state index contributed by atoms with van der Waals surface area (Å²) in [5.74, 6) is 0.703. The van der Waals surface area contributed by atoms with Crippen molar-refractivity contribution in [3.8, 4) is 0 Å². The molecule has 2 nitrogen and oxygen atoms in total. The van der Waals surface area contributed by atoms with Gasteiger partial charge >= 0.3 is 0 Å². The van der Waals surface area contributed by atoms with Crippen LogP contribution in [0.1, 0.15) is 48.0 Å². The third kappa shape index (κ3) is 5.53. The molecule has 0 heterocycles. The fraction of sp³-hybridized carbons (Fsp3) is 1.00. The summed E-state index contributed by atoms with van der Waals surface area (Å²) >= 11 is 0. The molecule has 92 valence electrons. The summed E-state index contributed by atoms with van der Waals surface area (Å²) in [7, 11) is 1.82. The normalized spacial score (nSPS) is 16.8. The molecule has 0 radical (unpaired) electrons. The molecular weight excluding hydrogens is 186 g/mol. The van der Waals surface area contributed by atoms with Crippen molar-refractivity contribution in [3.63, 3.8) is 0 Å². The minimum Gasteiger partial charge on any atom is -0.379 e. The number of rotatable bonds is 6. The molecule has 0 rings (SSSR count). The van der Waals surface area contributed by atoms with E-state index < -0.39 is 0 Å². The van der Waals surface area contributed by atoms with Crippen molar-refractivity contribution >= 4 is 0 Å². The van der Waals surface area contributed by atoms with Crippen molar-refractivity contribution in [2.24, 2.45) is 11.3 Å². The Morgan fingerprint density at radius 2 is 1.73 bits per heavy atom. The van der Waals surface area contributed by atoms with Gasteiger partial charge in [-0.1, -0.05) is 41.5 Å². The lowest BCUT2D eigenvalue weighted by atomic mass is 9.82. The van der Waals surface area contributed by atoms with Crippen LogP contribution in [0.3, 0.4) is 0 Å². The second-order valence-corrected chi connectivity index (χ2v) is 5.82. The van der Waals surface area contributed by atoms with E-state index in [9.17, 15) is 0 Å². The average molecular weight is 215 g/mol. The molecule has 0 amide bonds.